The molecule has 10 heteroatoms. The Hall–Kier alpha value is -3.07. The van der Waals surface area contributed by atoms with Gasteiger partial charge in [0.1, 0.15) is 5.69 Å². The van der Waals surface area contributed by atoms with E-state index in [-0.39, 0.29) is 27.9 Å². The summed E-state index contributed by atoms with van der Waals surface area (Å²) in [5, 5.41) is 15.9. The fourth-order valence-corrected chi connectivity index (χ4v) is 2.16. The minimum Gasteiger partial charge on any atom is -0.352 e. The summed E-state index contributed by atoms with van der Waals surface area (Å²) in [6.07, 6.45) is 4.73. The molecule has 0 radical (unpaired) electrons. The van der Waals surface area contributed by atoms with Crippen molar-refractivity contribution in [2.45, 2.75) is 6.42 Å². The van der Waals surface area contributed by atoms with E-state index in [4.69, 9.17) is 11.6 Å². The highest BCUT2D eigenvalue weighted by Crippen LogP contribution is 2.22. The summed E-state index contributed by atoms with van der Waals surface area (Å²) in [7, 11) is 0. The van der Waals surface area contributed by atoms with Crippen LogP contribution in [-0.2, 0) is 0 Å². The molecule has 0 aliphatic heterocycles. The van der Waals surface area contributed by atoms with Gasteiger partial charge in [0.2, 0.25) is 0 Å². The third-order valence-corrected chi connectivity index (χ3v) is 3.44. The number of benzene rings is 1. The molecule has 2 N–H and O–H groups in total. The summed E-state index contributed by atoms with van der Waals surface area (Å²) in [5.41, 5.74) is 0.174. The molecule has 0 saturated carbocycles. The zero-order valence-corrected chi connectivity index (χ0v) is 13.7. The zero-order valence-electron chi connectivity index (χ0n) is 12.9. The van der Waals surface area contributed by atoms with Crippen molar-refractivity contribution in [3.63, 3.8) is 0 Å². The highest BCUT2D eigenvalue weighted by Gasteiger charge is 2.14. The summed E-state index contributed by atoms with van der Waals surface area (Å²) in [6, 6.07) is 3.63. The van der Waals surface area contributed by atoms with Gasteiger partial charge in [-0.05, 0) is 12.5 Å². The van der Waals surface area contributed by atoms with Crippen molar-refractivity contribution >= 4 is 29.1 Å². The molecule has 0 atom stereocenters. The summed E-state index contributed by atoms with van der Waals surface area (Å²) in [5.74, 6) is -0.794. The Morgan fingerprint density at radius 3 is 2.48 bits per heavy atom. The predicted molar refractivity (Wildman–Crippen MR) is 89.4 cm³/mol. The molecule has 0 aliphatic carbocycles. The van der Waals surface area contributed by atoms with Gasteiger partial charge in [-0.2, -0.15) is 0 Å². The van der Waals surface area contributed by atoms with Gasteiger partial charge in [-0.3, -0.25) is 24.7 Å². The number of hydrogen-bond donors (Lipinski definition) is 2. The summed E-state index contributed by atoms with van der Waals surface area (Å²) >= 11 is 5.88. The maximum absolute atomic E-state index is 12.0. The van der Waals surface area contributed by atoms with Crippen LogP contribution in [0.4, 0.5) is 5.69 Å². The Balaban J connectivity index is 1.75. The van der Waals surface area contributed by atoms with Gasteiger partial charge in [0, 0.05) is 37.6 Å². The van der Waals surface area contributed by atoms with Gasteiger partial charge in [-0.15, -0.1) is 0 Å². The first-order chi connectivity index (χ1) is 12.0. The van der Waals surface area contributed by atoms with Crippen LogP contribution in [0.25, 0.3) is 0 Å². The maximum atomic E-state index is 12.0. The predicted octanol–water partition coefficient (Wildman–Crippen LogP) is 1.59. The first-order valence-electron chi connectivity index (χ1n) is 7.25. The van der Waals surface area contributed by atoms with E-state index in [1.165, 1.54) is 30.7 Å². The van der Waals surface area contributed by atoms with Crippen molar-refractivity contribution in [1.29, 1.82) is 0 Å². The normalized spacial score (nSPS) is 10.1. The first-order valence-corrected chi connectivity index (χ1v) is 7.63. The Morgan fingerprint density at radius 1 is 1.16 bits per heavy atom. The van der Waals surface area contributed by atoms with E-state index in [1.54, 1.807) is 0 Å². The number of rotatable bonds is 7. The standard InChI is InChI=1S/C15H14ClN5O4/c16-12-8-10(21(24)25)2-3-11(12)14(22)19-4-1-5-20-15(23)13-9-17-6-7-18-13/h2-3,6-9H,1,4-5H2,(H,19,22)(H,20,23). The zero-order chi connectivity index (χ0) is 18.2. The van der Waals surface area contributed by atoms with Gasteiger partial charge in [0.15, 0.2) is 0 Å². The lowest BCUT2D eigenvalue weighted by Crippen LogP contribution is -2.30. The van der Waals surface area contributed by atoms with Crippen molar-refractivity contribution in [2.24, 2.45) is 0 Å². The van der Waals surface area contributed by atoms with Crippen molar-refractivity contribution in [2.75, 3.05) is 13.1 Å². The average molecular weight is 364 g/mol. The molecule has 2 rings (SSSR count). The number of nitrogens with zero attached hydrogens (tertiary/aromatic N) is 3. The molecule has 1 aromatic carbocycles. The third-order valence-electron chi connectivity index (χ3n) is 3.13. The van der Waals surface area contributed by atoms with E-state index in [0.29, 0.717) is 19.5 Å². The SMILES string of the molecule is O=C(NCCCNC(=O)c1ccc([N+](=O)[O-])cc1Cl)c1cnccn1. The van der Waals surface area contributed by atoms with E-state index in [1.807, 2.05) is 0 Å². The number of hydrogen-bond acceptors (Lipinski definition) is 6. The second-order valence-corrected chi connectivity index (χ2v) is 5.28. The average Bonchev–Trinajstić information content (AvgIpc) is 2.61. The Bertz CT molecular complexity index is 785. The van der Waals surface area contributed by atoms with Crippen molar-refractivity contribution < 1.29 is 14.5 Å². The monoisotopic (exact) mass is 363 g/mol. The van der Waals surface area contributed by atoms with Crippen LogP contribution in [0.15, 0.2) is 36.8 Å². The summed E-state index contributed by atoms with van der Waals surface area (Å²) < 4.78 is 0. The van der Waals surface area contributed by atoms with E-state index < -0.39 is 10.8 Å². The molecule has 9 nitrogen and oxygen atoms in total. The summed E-state index contributed by atoms with van der Waals surface area (Å²) in [4.78, 5) is 41.4. The van der Waals surface area contributed by atoms with Crippen LogP contribution in [0.1, 0.15) is 27.3 Å². The minimum atomic E-state index is -0.590. The topological polar surface area (TPSA) is 127 Å². The molecule has 0 spiro atoms. The van der Waals surface area contributed by atoms with Crippen LogP contribution in [0, 0.1) is 10.1 Å². The molecule has 0 bridgehead atoms. The van der Waals surface area contributed by atoms with Crippen LogP contribution >= 0.6 is 11.6 Å². The smallest absolute Gasteiger partial charge is 0.271 e. The fourth-order valence-electron chi connectivity index (χ4n) is 1.90. The lowest BCUT2D eigenvalue weighted by molar-refractivity contribution is -0.384. The van der Waals surface area contributed by atoms with Crippen LogP contribution in [0.2, 0.25) is 5.02 Å². The molecule has 0 saturated heterocycles. The number of nitro benzene ring substituents is 1. The second-order valence-electron chi connectivity index (χ2n) is 4.88. The minimum absolute atomic E-state index is 0.00246. The number of carbonyl (C=O) groups is 2. The number of carbonyl (C=O) groups excluding carboxylic acids is 2. The number of non-ortho nitro benzene ring substituents is 1. The van der Waals surface area contributed by atoms with Gasteiger partial charge in [-0.25, -0.2) is 4.98 Å². The lowest BCUT2D eigenvalue weighted by atomic mass is 10.2. The maximum Gasteiger partial charge on any atom is 0.271 e. The molecule has 2 amide bonds. The highest BCUT2D eigenvalue weighted by atomic mass is 35.5. The first kappa shape index (κ1) is 18.3. The molecule has 25 heavy (non-hydrogen) atoms. The molecular formula is C15H14ClN5O4. The Kier molecular flexibility index (Phi) is 6.35. The van der Waals surface area contributed by atoms with Gasteiger partial charge >= 0.3 is 0 Å². The van der Waals surface area contributed by atoms with Crippen LogP contribution < -0.4 is 10.6 Å². The van der Waals surface area contributed by atoms with Gasteiger partial charge in [0.05, 0.1) is 21.7 Å². The largest absolute Gasteiger partial charge is 0.352 e. The number of amides is 2. The van der Waals surface area contributed by atoms with Crippen LogP contribution in [0.3, 0.4) is 0 Å². The summed E-state index contributed by atoms with van der Waals surface area (Å²) in [6.45, 7) is 0.635. The quantitative estimate of drug-likeness (QED) is 0.437. The molecule has 1 heterocycles. The van der Waals surface area contributed by atoms with Crippen molar-refractivity contribution in [3.05, 3.63) is 63.2 Å². The van der Waals surface area contributed by atoms with Gasteiger partial charge < -0.3 is 10.6 Å². The molecule has 1 aromatic heterocycles. The highest BCUT2D eigenvalue weighted by molar-refractivity contribution is 6.34. The van der Waals surface area contributed by atoms with Gasteiger partial charge in [0.25, 0.3) is 17.5 Å². The van der Waals surface area contributed by atoms with Crippen LogP contribution in [0.5, 0.6) is 0 Å². The number of aromatic nitrogens is 2. The molecule has 0 aliphatic rings. The van der Waals surface area contributed by atoms with Gasteiger partial charge in [-0.1, -0.05) is 11.6 Å². The third kappa shape index (κ3) is 5.21. The van der Waals surface area contributed by atoms with Crippen LogP contribution in [-0.4, -0.2) is 39.8 Å². The van der Waals surface area contributed by atoms with E-state index in [2.05, 4.69) is 20.6 Å². The number of halogens is 1. The Morgan fingerprint density at radius 2 is 1.88 bits per heavy atom. The van der Waals surface area contributed by atoms with Crippen molar-refractivity contribution in [1.82, 2.24) is 20.6 Å². The van der Waals surface area contributed by atoms with E-state index >= 15 is 0 Å². The van der Waals surface area contributed by atoms with E-state index in [0.717, 1.165) is 6.07 Å². The molecule has 2 aromatic rings. The second kappa shape index (κ2) is 8.69. The molecule has 130 valence electrons. The Labute approximate surface area is 147 Å². The molecule has 0 unspecified atom stereocenters. The van der Waals surface area contributed by atoms with Crippen molar-refractivity contribution in [3.8, 4) is 0 Å². The van der Waals surface area contributed by atoms with E-state index in [9.17, 15) is 19.7 Å². The molecule has 0 fully saturated rings. The fraction of sp³-hybridized carbons (Fsp3) is 0.200. The lowest BCUT2D eigenvalue weighted by Gasteiger charge is -2.07. The number of nitro groups is 1. The number of nitrogens with one attached hydrogen (secondary N) is 2. The molecular weight excluding hydrogens is 350 g/mol.